The Morgan fingerprint density at radius 2 is 1.79 bits per heavy atom. The molecule has 1 heterocycles. The maximum Gasteiger partial charge on any atom is 0.339 e. The highest BCUT2D eigenvalue weighted by Crippen LogP contribution is 2.34. The van der Waals surface area contributed by atoms with Gasteiger partial charge in [-0.15, -0.1) is 17.5 Å². The van der Waals surface area contributed by atoms with Crippen molar-refractivity contribution in [3.8, 4) is 5.75 Å². The van der Waals surface area contributed by atoms with E-state index in [4.69, 9.17) is 9.25 Å². The van der Waals surface area contributed by atoms with E-state index in [0.717, 1.165) is 47.8 Å². The predicted octanol–water partition coefficient (Wildman–Crippen LogP) is 4.27. The number of nitrogens with zero attached hydrogens (tertiary/aromatic N) is 1. The van der Waals surface area contributed by atoms with Crippen LogP contribution >= 0.6 is 12.4 Å². The Bertz CT molecular complexity index is 1020. The number of aliphatic hydroxyl groups excluding tert-OH is 1. The fourth-order valence-electron chi connectivity index (χ4n) is 3.89. The van der Waals surface area contributed by atoms with Gasteiger partial charge in [-0.25, -0.2) is 4.79 Å². The number of benzene rings is 2. The summed E-state index contributed by atoms with van der Waals surface area (Å²) < 4.78 is 5.58. The lowest BCUT2D eigenvalue weighted by atomic mass is 9.90. The van der Waals surface area contributed by atoms with Crippen LogP contribution in [0.3, 0.4) is 0 Å². The lowest BCUT2D eigenvalue weighted by Crippen LogP contribution is -2.33. The summed E-state index contributed by atoms with van der Waals surface area (Å²) in [6, 6.07) is 15.6. The van der Waals surface area contributed by atoms with Crippen molar-refractivity contribution in [1.82, 2.24) is 5.06 Å². The molecule has 0 aliphatic heterocycles. The highest BCUT2D eigenvalue weighted by molar-refractivity contribution is 5.87. The lowest BCUT2D eigenvalue weighted by Gasteiger charge is -2.25. The van der Waals surface area contributed by atoms with Crippen LogP contribution in [0, 0.1) is 0 Å². The van der Waals surface area contributed by atoms with Gasteiger partial charge in [0.25, 0.3) is 0 Å². The molecular weight excluding hydrogens is 390 g/mol. The topological polar surface area (TPSA) is 62.9 Å². The van der Waals surface area contributed by atoms with Crippen LogP contribution < -0.4 is 10.5 Å². The summed E-state index contributed by atoms with van der Waals surface area (Å²) in [6.07, 6.45) is 3.14. The largest absolute Gasteiger partial charge is 0.422 e. The maximum absolute atomic E-state index is 12.3. The number of hydrogen-bond donors (Lipinski definition) is 1. The molecule has 0 fully saturated rings. The number of halogens is 1. The Kier molecular flexibility index (Phi) is 6.96. The average Bonchev–Trinajstić information content (AvgIpc) is 2.68. The first-order chi connectivity index (χ1) is 13.6. The van der Waals surface area contributed by atoms with Crippen molar-refractivity contribution >= 4 is 23.4 Å². The molecular formula is C23H26ClNO4. The molecule has 0 bridgehead atoms. The van der Waals surface area contributed by atoms with Crippen molar-refractivity contribution < 1.29 is 14.4 Å². The van der Waals surface area contributed by atoms with Crippen LogP contribution in [0.2, 0.25) is 0 Å². The van der Waals surface area contributed by atoms with Crippen LogP contribution in [-0.4, -0.2) is 22.8 Å². The summed E-state index contributed by atoms with van der Waals surface area (Å²) in [5.74, 6) is 0.663. The van der Waals surface area contributed by atoms with Gasteiger partial charge in [0.05, 0.1) is 24.6 Å². The Morgan fingerprint density at radius 3 is 2.52 bits per heavy atom. The van der Waals surface area contributed by atoms with Crippen LogP contribution in [-0.2, 0) is 19.4 Å². The molecule has 29 heavy (non-hydrogen) atoms. The van der Waals surface area contributed by atoms with E-state index < -0.39 is 6.10 Å². The normalized spacial score (nSPS) is 14.3. The fraction of sp³-hybridized carbons (Fsp3) is 0.348. The predicted molar refractivity (Wildman–Crippen MR) is 116 cm³/mol. The van der Waals surface area contributed by atoms with Crippen LogP contribution in [0.5, 0.6) is 5.75 Å². The average molecular weight is 416 g/mol. The van der Waals surface area contributed by atoms with Crippen molar-refractivity contribution in [3.05, 3.63) is 75.6 Å². The molecule has 1 atom stereocenters. The third-order valence-corrected chi connectivity index (χ3v) is 5.10. The Morgan fingerprint density at radius 1 is 1.07 bits per heavy atom. The van der Waals surface area contributed by atoms with Gasteiger partial charge in [0.15, 0.2) is 5.75 Å². The molecule has 0 spiro atoms. The van der Waals surface area contributed by atoms with E-state index in [9.17, 15) is 9.90 Å². The zero-order valence-electron chi connectivity index (χ0n) is 16.5. The molecule has 1 aromatic heterocycles. The van der Waals surface area contributed by atoms with Gasteiger partial charge in [0, 0.05) is 5.56 Å². The first-order valence-corrected chi connectivity index (χ1v) is 9.84. The van der Waals surface area contributed by atoms with Gasteiger partial charge in [-0.1, -0.05) is 36.4 Å². The number of hydroxylamine groups is 2. The zero-order chi connectivity index (χ0) is 19.5. The van der Waals surface area contributed by atoms with E-state index in [1.807, 2.05) is 48.5 Å². The molecule has 6 heteroatoms. The fourth-order valence-corrected chi connectivity index (χ4v) is 3.89. The molecule has 1 N–H and O–H groups in total. The van der Waals surface area contributed by atoms with E-state index in [1.54, 1.807) is 12.0 Å². The van der Waals surface area contributed by atoms with E-state index >= 15 is 0 Å². The van der Waals surface area contributed by atoms with E-state index in [-0.39, 0.29) is 18.0 Å². The van der Waals surface area contributed by atoms with Gasteiger partial charge in [0.2, 0.25) is 0 Å². The smallest absolute Gasteiger partial charge is 0.339 e. The first kappa shape index (κ1) is 21.4. The number of aliphatic hydroxyl groups is 1. The molecule has 0 amide bonds. The van der Waals surface area contributed by atoms with Crippen molar-refractivity contribution in [2.24, 2.45) is 0 Å². The minimum atomic E-state index is -0.537. The molecule has 1 aliphatic carbocycles. The van der Waals surface area contributed by atoms with E-state index in [2.05, 4.69) is 0 Å². The molecule has 1 aliphatic rings. The highest BCUT2D eigenvalue weighted by atomic mass is 35.5. The third-order valence-electron chi connectivity index (χ3n) is 5.10. The van der Waals surface area contributed by atoms with Crippen LogP contribution in [0.4, 0.5) is 0 Å². The van der Waals surface area contributed by atoms with E-state index in [1.165, 1.54) is 0 Å². The SMILES string of the molecule is CC(O)CN(Cc1ccccc1)Oc1cccc2oc(=O)c3c(c12)CCCC3.Cl. The number of rotatable bonds is 6. The quantitative estimate of drug-likeness (QED) is 0.481. The second-order valence-electron chi connectivity index (χ2n) is 7.43. The van der Waals surface area contributed by atoms with Gasteiger partial charge in [-0.3, -0.25) is 0 Å². The summed E-state index contributed by atoms with van der Waals surface area (Å²) in [5, 5.41) is 12.6. The van der Waals surface area contributed by atoms with Gasteiger partial charge < -0.3 is 14.4 Å². The van der Waals surface area contributed by atoms with Crippen molar-refractivity contribution in [2.75, 3.05) is 6.54 Å². The van der Waals surface area contributed by atoms with E-state index in [0.29, 0.717) is 24.4 Å². The number of fused-ring (bicyclic) bond motifs is 3. The summed E-state index contributed by atoms with van der Waals surface area (Å²) >= 11 is 0. The zero-order valence-corrected chi connectivity index (χ0v) is 17.3. The van der Waals surface area contributed by atoms with Crippen LogP contribution in [0.25, 0.3) is 11.0 Å². The van der Waals surface area contributed by atoms with Crippen molar-refractivity contribution in [1.29, 1.82) is 0 Å². The minimum absolute atomic E-state index is 0. The van der Waals surface area contributed by atoms with Crippen molar-refractivity contribution in [2.45, 2.75) is 45.3 Å². The lowest BCUT2D eigenvalue weighted by molar-refractivity contribution is -0.0881. The van der Waals surface area contributed by atoms with Gasteiger partial charge >= 0.3 is 5.63 Å². The molecule has 0 saturated carbocycles. The molecule has 3 aromatic rings. The molecule has 1 unspecified atom stereocenters. The monoisotopic (exact) mass is 415 g/mol. The molecule has 5 nitrogen and oxygen atoms in total. The molecule has 2 aromatic carbocycles. The standard InChI is InChI=1S/C23H25NO4.ClH/c1-16(25)14-24(15-17-8-3-2-4-9-17)28-21-13-7-12-20-22(21)18-10-5-6-11-19(18)23(26)27-20;/h2-4,7-9,12-13,16,25H,5-6,10-11,14-15H2,1H3;1H. The summed E-state index contributed by atoms with van der Waals surface area (Å²) in [4.78, 5) is 18.6. The second kappa shape index (κ2) is 9.44. The van der Waals surface area contributed by atoms with Crippen LogP contribution in [0.1, 0.15) is 36.5 Å². The molecule has 4 rings (SSSR count). The first-order valence-electron chi connectivity index (χ1n) is 9.84. The third kappa shape index (κ3) is 4.81. The number of aryl methyl sites for hydroxylation is 1. The van der Waals surface area contributed by atoms with Gasteiger partial charge in [0.1, 0.15) is 5.58 Å². The highest BCUT2D eigenvalue weighted by Gasteiger charge is 2.22. The Balaban J connectivity index is 0.00000240. The van der Waals surface area contributed by atoms with Gasteiger partial charge in [-0.2, -0.15) is 0 Å². The Labute approximate surface area is 176 Å². The van der Waals surface area contributed by atoms with Gasteiger partial charge in [-0.05, 0) is 55.9 Å². The molecule has 154 valence electrons. The summed E-state index contributed by atoms with van der Waals surface area (Å²) in [5.41, 5.74) is 3.24. The summed E-state index contributed by atoms with van der Waals surface area (Å²) in [7, 11) is 0. The van der Waals surface area contributed by atoms with Crippen molar-refractivity contribution in [3.63, 3.8) is 0 Å². The Hall–Kier alpha value is -2.34. The molecule has 0 saturated heterocycles. The molecule has 0 radical (unpaired) electrons. The minimum Gasteiger partial charge on any atom is -0.422 e. The van der Waals surface area contributed by atoms with Crippen LogP contribution in [0.15, 0.2) is 57.7 Å². The summed E-state index contributed by atoms with van der Waals surface area (Å²) in [6.45, 7) is 2.65. The second-order valence-corrected chi connectivity index (χ2v) is 7.43. The maximum atomic E-state index is 12.3. The number of hydrogen-bond acceptors (Lipinski definition) is 5.